The van der Waals surface area contributed by atoms with Crippen molar-refractivity contribution in [3.63, 3.8) is 0 Å². The van der Waals surface area contributed by atoms with Crippen LogP contribution in [-0.4, -0.2) is 54.3 Å². The summed E-state index contributed by atoms with van der Waals surface area (Å²) in [5.41, 5.74) is 1.23. The number of aromatic nitrogens is 1. The number of likely N-dealkylation sites (tertiary alicyclic amines) is 1. The van der Waals surface area contributed by atoms with Crippen molar-refractivity contribution in [2.75, 3.05) is 26.7 Å². The van der Waals surface area contributed by atoms with Gasteiger partial charge in [-0.15, -0.1) is 0 Å². The summed E-state index contributed by atoms with van der Waals surface area (Å²) in [7, 11) is 1.61. The van der Waals surface area contributed by atoms with E-state index in [1.54, 1.807) is 48.4 Å². The number of rotatable bonds is 10. The lowest BCUT2D eigenvalue weighted by Gasteiger charge is -2.31. The Kier molecular flexibility index (Phi) is 9.74. The van der Waals surface area contributed by atoms with E-state index in [0.29, 0.717) is 43.2 Å². The summed E-state index contributed by atoms with van der Waals surface area (Å²) in [6, 6.07) is 17.6. The first-order valence-electron chi connectivity index (χ1n) is 12.8. The topological polar surface area (TPSA) is 110 Å². The van der Waals surface area contributed by atoms with E-state index in [1.165, 1.54) is 6.20 Å². The van der Waals surface area contributed by atoms with E-state index in [9.17, 15) is 14.4 Å². The highest BCUT2D eigenvalue weighted by molar-refractivity contribution is 6.30. The first-order valence-corrected chi connectivity index (χ1v) is 13.2. The van der Waals surface area contributed by atoms with Crippen LogP contribution in [0.1, 0.15) is 35.2 Å². The van der Waals surface area contributed by atoms with Gasteiger partial charge in [-0.1, -0.05) is 23.7 Å². The third kappa shape index (κ3) is 7.94. The van der Waals surface area contributed by atoms with Gasteiger partial charge in [-0.3, -0.25) is 14.4 Å². The molecule has 2 heterocycles. The average Bonchev–Trinajstić information content (AvgIpc) is 2.97. The van der Waals surface area contributed by atoms with Crippen LogP contribution < -0.4 is 20.1 Å². The number of ether oxygens (including phenoxy) is 2. The second kappa shape index (κ2) is 13.6. The highest BCUT2D eigenvalue weighted by Gasteiger charge is 2.27. The third-order valence-electron chi connectivity index (χ3n) is 6.49. The van der Waals surface area contributed by atoms with E-state index < -0.39 is 0 Å². The smallest absolute Gasteiger partial charge is 0.256 e. The molecule has 1 fully saturated rings. The van der Waals surface area contributed by atoms with Crippen LogP contribution in [0.2, 0.25) is 5.02 Å². The van der Waals surface area contributed by atoms with Gasteiger partial charge in [-0.2, -0.15) is 0 Å². The maximum absolute atomic E-state index is 12.8. The van der Waals surface area contributed by atoms with Gasteiger partial charge in [0.15, 0.2) is 0 Å². The van der Waals surface area contributed by atoms with E-state index in [4.69, 9.17) is 21.1 Å². The number of pyridine rings is 1. The number of nitrogens with zero attached hydrogens (tertiary/aromatic N) is 2. The molecule has 2 aromatic carbocycles. The lowest BCUT2D eigenvalue weighted by atomic mass is 9.95. The zero-order valence-electron chi connectivity index (χ0n) is 21.7. The highest BCUT2D eigenvalue weighted by atomic mass is 35.5. The number of hydrogen-bond acceptors (Lipinski definition) is 6. The molecule has 3 amide bonds. The molecule has 2 N–H and O–H groups in total. The number of hydrogen-bond donors (Lipinski definition) is 2. The summed E-state index contributed by atoms with van der Waals surface area (Å²) in [5.74, 6) is 0.821. The molecule has 0 aliphatic carbocycles. The molecule has 39 heavy (non-hydrogen) atoms. The Morgan fingerprint density at radius 3 is 2.51 bits per heavy atom. The first kappa shape index (κ1) is 27.9. The molecule has 1 saturated heterocycles. The van der Waals surface area contributed by atoms with Crippen LogP contribution in [0.15, 0.2) is 66.9 Å². The van der Waals surface area contributed by atoms with Gasteiger partial charge < -0.3 is 25.0 Å². The number of carbonyl (C=O) groups excluding carboxylic acids is 3. The molecule has 4 rings (SSSR count). The Labute approximate surface area is 232 Å². The average molecular weight is 551 g/mol. The summed E-state index contributed by atoms with van der Waals surface area (Å²) >= 11 is 5.91. The molecular formula is C29H31ClN4O5. The van der Waals surface area contributed by atoms with Gasteiger partial charge in [0.05, 0.1) is 7.11 Å². The fourth-order valence-electron chi connectivity index (χ4n) is 4.30. The minimum Gasteiger partial charge on any atom is -0.497 e. The number of nitrogens with one attached hydrogen (secondary N) is 2. The molecule has 1 aromatic heterocycles. The molecule has 0 bridgehead atoms. The Morgan fingerprint density at radius 2 is 1.77 bits per heavy atom. The second-order valence-electron chi connectivity index (χ2n) is 9.14. The summed E-state index contributed by atoms with van der Waals surface area (Å²) in [4.78, 5) is 44.0. The molecule has 204 valence electrons. The lowest BCUT2D eigenvalue weighted by Crippen LogP contribution is -2.43. The number of piperidine rings is 1. The molecule has 9 nitrogen and oxygen atoms in total. The molecule has 10 heteroatoms. The molecule has 0 unspecified atom stereocenters. The summed E-state index contributed by atoms with van der Waals surface area (Å²) in [6.45, 7) is 1.61. The van der Waals surface area contributed by atoms with Crippen molar-refractivity contribution in [2.24, 2.45) is 5.92 Å². The predicted molar refractivity (Wildman–Crippen MR) is 147 cm³/mol. The van der Waals surface area contributed by atoms with Gasteiger partial charge in [-0.05, 0) is 66.9 Å². The van der Waals surface area contributed by atoms with Gasteiger partial charge >= 0.3 is 0 Å². The SMILES string of the molecule is COc1cccc(CNC(=O)C2CCN(C(=O)CCNC(=O)c3cccnc3Oc3ccc(Cl)cc3)CC2)c1. The van der Waals surface area contributed by atoms with Crippen molar-refractivity contribution in [3.8, 4) is 17.4 Å². The Morgan fingerprint density at radius 1 is 1.00 bits per heavy atom. The zero-order chi connectivity index (χ0) is 27.6. The van der Waals surface area contributed by atoms with Crippen LogP contribution in [0.5, 0.6) is 17.4 Å². The number of benzene rings is 2. The Hall–Kier alpha value is -4.11. The predicted octanol–water partition coefficient (Wildman–Crippen LogP) is 4.21. The number of halogens is 1. The third-order valence-corrected chi connectivity index (χ3v) is 6.74. The Bertz CT molecular complexity index is 1290. The first-order chi connectivity index (χ1) is 18.9. The van der Waals surface area contributed by atoms with E-state index in [2.05, 4.69) is 15.6 Å². The standard InChI is InChI=1S/C29H31ClN4O5/c1-38-24-5-2-4-20(18-24)19-33-27(36)21-12-16-34(17-13-21)26(35)11-15-31-28(37)25-6-3-14-32-29(25)39-23-9-7-22(30)8-10-23/h2-10,14,18,21H,11-13,15-17,19H2,1H3,(H,31,37)(H,33,36). The quantitative estimate of drug-likeness (QED) is 0.391. The van der Waals surface area contributed by atoms with Crippen molar-refractivity contribution < 1.29 is 23.9 Å². The lowest BCUT2D eigenvalue weighted by molar-refractivity contribution is -0.135. The molecule has 0 atom stereocenters. The number of amides is 3. The second-order valence-corrected chi connectivity index (χ2v) is 9.58. The van der Waals surface area contributed by atoms with Gasteiger partial charge in [0.1, 0.15) is 17.1 Å². The van der Waals surface area contributed by atoms with E-state index in [1.807, 2.05) is 24.3 Å². The molecule has 3 aromatic rings. The van der Waals surface area contributed by atoms with Crippen LogP contribution in [-0.2, 0) is 16.1 Å². The molecule has 0 saturated carbocycles. The minimum atomic E-state index is -0.383. The molecule has 1 aliphatic rings. The number of carbonyl (C=O) groups is 3. The van der Waals surface area contributed by atoms with Crippen LogP contribution in [0, 0.1) is 5.92 Å². The fraction of sp³-hybridized carbons (Fsp3) is 0.310. The van der Waals surface area contributed by atoms with Gasteiger partial charge in [0, 0.05) is 49.7 Å². The minimum absolute atomic E-state index is 0.00900. The van der Waals surface area contributed by atoms with E-state index in [-0.39, 0.29) is 48.0 Å². The van der Waals surface area contributed by atoms with Crippen LogP contribution in [0.4, 0.5) is 0 Å². The summed E-state index contributed by atoms with van der Waals surface area (Å²) in [5, 5.41) is 6.33. The van der Waals surface area contributed by atoms with Crippen molar-refractivity contribution in [3.05, 3.63) is 83.0 Å². The van der Waals surface area contributed by atoms with Gasteiger partial charge in [-0.25, -0.2) is 4.98 Å². The normalized spacial score (nSPS) is 13.4. The van der Waals surface area contributed by atoms with E-state index in [0.717, 1.165) is 11.3 Å². The van der Waals surface area contributed by atoms with Gasteiger partial charge in [0.2, 0.25) is 17.7 Å². The molecule has 1 aliphatic heterocycles. The molecule has 0 radical (unpaired) electrons. The van der Waals surface area contributed by atoms with Crippen molar-refractivity contribution in [2.45, 2.75) is 25.8 Å². The van der Waals surface area contributed by atoms with Crippen LogP contribution >= 0.6 is 11.6 Å². The van der Waals surface area contributed by atoms with E-state index >= 15 is 0 Å². The molecule has 0 spiro atoms. The zero-order valence-corrected chi connectivity index (χ0v) is 22.4. The van der Waals surface area contributed by atoms with Crippen LogP contribution in [0.3, 0.4) is 0 Å². The Balaban J connectivity index is 1.19. The van der Waals surface area contributed by atoms with Crippen molar-refractivity contribution in [1.29, 1.82) is 0 Å². The maximum Gasteiger partial charge on any atom is 0.256 e. The van der Waals surface area contributed by atoms with Crippen molar-refractivity contribution >= 4 is 29.3 Å². The fourth-order valence-corrected chi connectivity index (χ4v) is 4.43. The summed E-state index contributed by atoms with van der Waals surface area (Å²) < 4.78 is 11.0. The largest absolute Gasteiger partial charge is 0.497 e. The summed E-state index contributed by atoms with van der Waals surface area (Å²) in [6.07, 6.45) is 2.90. The highest BCUT2D eigenvalue weighted by Crippen LogP contribution is 2.24. The monoisotopic (exact) mass is 550 g/mol. The maximum atomic E-state index is 12.8. The van der Waals surface area contributed by atoms with Crippen molar-refractivity contribution in [1.82, 2.24) is 20.5 Å². The van der Waals surface area contributed by atoms with Crippen LogP contribution in [0.25, 0.3) is 0 Å². The van der Waals surface area contributed by atoms with Gasteiger partial charge in [0.25, 0.3) is 5.91 Å². The molecular weight excluding hydrogens is 520 g/mol. The number of methoxy groups -OCH3 is 1.